The minimum Gasteiger partial charge on any atom is -0.470 e. The average Bonchev–Trinajstić information content (AvgIpc) is 1.97. The van der Waals surface area contributed by atoms with Crippen LogP contribution in [0.4, 0.5) is 0 Å². The van der Waals surface area contributed by atoms with Gasteiger partial charge in [0.1, 0.15) is 0 Å². The molecule has 0 aliphatic rings. The molecule has 0 aromatic rings. The summed E-state index contributed by atoms with van der Waals surface area (Å²) in [5.74, 6) is 0.686. The van der Waals surface area contributed by atoms with Gasteiger partial charge in [0.05, 0.1) is 12.0 Å². The quantitative estimate of drug-likeness (QED) is 0.441. The number of hydrogen-bond acceptors (Lipinski definition) is 1. The molecule has 0 aromatic heterocycles. The predicted molar refractivity (Wildman–Crippen MR) is 49.0 cm³/mol. The van der Waals surface area contributed by atoms with Gasteiger partial charge in [-0.05, 0) is 19.9 Å². The summed E-state index contributed by atoms with van der Waals surface area (Å²) in [5.41, 5.74) is 1.10. The van der Waals surface area contributed by atoms with Crippen LogP contribution >= 0.6 is 0 Å². The maximum absolute atomic E-state index is 4.98. The summed E-state index contributed by atoms with van der Waals surface area (Å²) in [7, 11) is 0. The Kier molecular flexibility index (Phi) is 4.91. The van der Waals surface area contributed by atoms with Crippen molar-refractivity contribution >= 4 is 0 Å². The van der Waals surface area contributed by atoms with E-state index in [1.54, 1.807) is 19.3 Å². The summed E-state index contributed by atoms with van der Waals surface area (Å²) in [5, 5.41) is 0. The lowest BCUT2D eigenvalue weighted by Gasteiger charge is -1.93. The highest BCUT2D eigenvalue weighted by Crippen LogP contribution is 1.95. The first-order valence-corrected chi connectivity index (χ1v) is 3.45. The molecule has 1 heteroatoms. The Bertz CT molecular complexity index is 197. The highest BCUT2D eigenvalue weighted by Gasteiger charge is 1.76. The van der Waals surface area contributed by atoms with Gasteiger partial charge in [-0.3, -0.25) is 0 Å². The van der Waals surface area contributed by atoms with Crippen LogP contribution in [0, 0.1) is 0 Å². The fourth-order valence-electron chi connectivity index (χ4n) is 0.415. The van der Waals surface area contributed by atoms with Crippen LogP contribution in [0.3, 0.4) is 0 Å². The largest absolute Gasteiger partial charge is 0.470 e. The highest BCUT2D eigenvalue weighted by molar-refractivity contribution is 5.18. The maximum atomic E-state index is 4.98. The Morgan fingerprint density at radius 1 is 1.36 bits per heavy atom. The standard InChI is InChI=1S/C10H14O/c1-5-10(4)7-6-8-11-9(2)3/h5-8H,1-2H2,3-4H3/b8-6+,10-7+. The second-order valence-corrected chi connectivity index (χ2v) is 2.26. The second-order valence-electron chi connectivity index (χ2n) is 2.26. The van der Waals surface area contributed by atoms with E-state index in [1.807, 2.05) is 19.1 Å². The second kappa shape index (κ2) is 5.54. The molecule has 0 spiro atoms. The van der Waals surface area contributed by atoms with Gasteiger partial charge < -0.3 is 4.74 Å². The Labute approximate surface area is 68.4 Å². The Morgan fingerprint density at radius 3 is 2.45 bits per heavy atom. The number of allylic oxidation sites excluding steroid dienone is 5. The lowest BCUT2D eigenvalue weighted by atomic mass is 10.3. The van der Waals surface area contributed by atoms with E-state index in [-0.39, 0.29) is 0 Å². The third kappa shape index (κ3) is 6.65. The predicted octanol–water partition coefficient (Wildman–Crippen LogP) is 3.18. The van der Waals surface area contributed by atoms with Crippen molar-refractivity contribution in [1.82, 2.24) is 0 Å². The molecular formula is C10H14O. The monoisotopic (exact) mass is 150 g/mol. The molecule has 0 atom stereocenters. The molecule has 0 fully saturated rings. The van der Waals surface area contributed by atoms with E-state index in [0.29, 0.717) is 5.76 Å². The number of hydrogen-bond donors (Lipinski definition) is 0. The van der Waals surface area contributed by atoms with Crippen LogP contribution in [0.25, 0.3) is 0 Å². The molecule has 0 saturated heterocycles. The Hall–Kier alpha value is -1.24. The van der Waals surface area contributed by atoms with Gasteiger partial charge in [0.15, 0.2) is 0 Å². The minimum atomic E-state index is 0.686. The minimum absolute atomic E-state index is 0.686. The average molecular weight is 150 g/mol. The zero-order chi connectivity index (χ0) is 8.69. The summed E-state index contributed by atoms with van der Waals surface area (Å²) >= 11 is 0. The molecule has 1 nitrogen and oxygen atoms in total. The van der Waals surface area contributed by atoms with E-state index in [0.717, 1.165) is 5.57 Å². The van der Waals surface area contributed by atoms with E-state index in [1.165, 1.54) is 0 Å². The molecule has 0 bridgehead atoms. The molecular weight excluding hydrogens is 136 g/mol. The van der Waals surface area contributed by atoms with Gasteiger partial charge in [0, 0.05) is 0 Å². The van der Waals surface area contributed by atoms with Gasteiger partial charge in [-0.15, -0.1) is 0 Å². The van der Waals surface area contributed by atoms with E-state index in [4.69, 9.17) is 4.74 Å². The summed E-state index contributed by atoms with van der Waals surface area (Å²) in [6.07, 6.45) is 7.10. The fourth-order valence-corrected chi connectivity index (χ4v) is 0.415. The Morgan fingerprint density at radius 2 is 2.00 bits per heavy atom. The van der Waals surface area contributed by atoms with E-state index < -0.39 is 0 Å². The highest BCUT2D eigenvalue weighted by atomic mass is 16.5. The van der Waals surface area contributed by atoms with E-state index in [2.05, 4.69) is 13.2 Å². The molecule has 0 amide bonds. The molecule has 0 aliphatic carbocycles. The van der Waals surface area contributed by atoms with Crippen LogP contribution in [-0.2, 0) is 4.74 Å². The molecule has 60 valence electrons. The van der Waals surface area contributed by atoms with Crippen molar-refractivity contribution in [1.29, 1.82) is 0 Å². The zero-order valence-corrected chi connectivity index (χ0v) is 7.13. The van der Waals surface area contributed by atoms with Crippen LogP contribution in [0.15, 0.2) is 49.0 Å². The van der Waals surface area contributed by atoms with Crippen LogP contribution in [0.2, 0.25) is 0 Å². The van der Waals surface area contributed by atoms with Crippen molar-refractivity contribution < 1.29 is 4.74 Å². The van der Waals surface area contributed by atoms with Crippen molar-refractivity contribution in [2.45, 2.75) is 13.8 Å². The number of ether oxygens (including phenoxy) is 1. The van der Waals surface area contributed by atoms with Crippen molar-refractivity contribution in [3.05, 3.63) is 49.0 Å². The molecule has 0 rings (SSSR count). The van der Waals surface area contributed by atoms with Gasteiger partial charge in [0.2, 0.25) is 0 Å². The van der Waals surface area contributed by atoms with Crippen LogP contribution in [0.5, 0.6) is 0 Å². The normalized spacial score (nSPS) is 11.6. The van der Waals surface area contributed by atoms with Gasteiger partial charge in [-0.25, -0.2) is 0 Å². The first kappa shape index (κ1) is 9.76. The van der Waals surface area contributed by atoms with Gasteiger partial charge in [0.25, 0.3) is 0 Å². The Balaban J connectivity index is 3.76. The van der Waals surface area contributed by atoms with Crippen molar-refractivity contribution in [2.24, 2.45) is 0 Å². The van der Waals surface area contributed by atoms with Crippen LogP contribution < -0.4 is 0 Å². The molecule has 0 aromatic carbocycles. The first-order valence-electron chi connectivity index (χ1n) is 3.45. The summed E-state index contributed by atoms with van der Waals surface area (Å²) < 4.78 is 4.98. The van der Waals surface area contributed by atoms with E-state index >= 15 is 0 Å². The SMILES string of the molecule is C=C/C(C)=C/C=C/OC(=C)C. The number of rotatable bonds is 4. The third-order valence-electron chi connectivity index (χ3n) is 1.03. The van der Waals surface area contributed by atoms with Gasteiger partial charge in [-0.1, -0.05) is 30.9 Å². The lowest BCUT2D eigenvalue weighted by molar-refractivity contribution is 0.356. The molecule has 0 saturated carbocycles. The van der Waals surface area contributed by atoms with Crippen LogP contribution in [0.1, 0.15) is 13.8 Å². The summed E-state index contributed by atoms with van der Waals surface area (Å²) in [6, 6.07) is 0. The van der Waals surface area contributed by atoms with Gasteiger partial charge in [-0.2, -0.15) is 0 Å². The summed E-state index contributed by atoms with van der Waals surface area (Å²) in [4.78, 5) is 0. The van der Waals surface area contributed by atoms with Crippen molar-refractivity contribution in [3.63, 3.8) is 0 Å². The topological polar surface area (TPSA) is 9.23 Å². The lowest BCUT2D eigenvalue weighted by Crippen LogP contribution is -1.72. The molecule has 0 radical (unpaired) electrons. The smallest absolute Gasteiger partial charge is 0.0929 e. The third-order valence-corrected chi connectivity index (χ3v) is 1.03. The molecule has 0 unspecified atom stereocenters. The fraction of sp³-hybridized carbons (Fsp3) is 0.200. The van der Waals surface area contributed by atoms with E-state index in [9.17, 15) is 0 Å². The molecule has 0 N–H and O–H groups in total. The first-order chi connectivity index (χ1) is 5.16. The van der Waals surface area contributed by atoms with Crippen molar-refractivity contribution in [3.8, 4) is 0 Å². The van der Waals surface area contributed by atoms with Gasteiger partial charge >= 0.3 is 0 Å². The molecule has 0 aliphatic heterocycles. The van der Waals surface area contributed by atoms with Crippen molar-refractivity contribution in [2.75, 3.05) is 0 Å². The zero-order valence-electron chi connectivity index (χ0n) is 7.13. The molecule has 11 heavy (non-hydrogen) atoms. The summed E-state index contributed by atoms with van der Waals surface area (Å²) in [6.45, 7) is 11.0. The van der Waals surface area contributed by atoms with Crippen LogP contribution in [-0.4, -0.2) is 0 Å². The maximum Gasteiger partial charge on any atom is 0.0929 e. The molecule has 0 heterocycles.